The van der Waals surface area contributed by atoms with Crippen molar-refractivity contribution in [2.75, 3.05) is 36.9 Å². The van der Waals surface area contributed by atoms with Crippen molar-refractivity contribution in [3.63, 3.8) is 0 Å². The molecular formula is C27H31F2N5OS. The van der Waals surface area contributed by atoms with Crippen molar-refractivity contribution >= 4 is 38.8 Å². The Bertz CT molecular complexity index is 1330. The van der Waals surface area contributed by atoms with Crippen LogP contribution in [0.2, 0.25) is 0 Å². The number of aromatic nitrogens is 1. The van der Waals surface area contributed by atoms with E-state index in [9.17, 15) is 13.6 Å². The second kappa shape index (κ2) is 9.27. The second-order valence-corrected chi connectivity index (χ2v) is 11.3. The minimum Gasteiger partial charge on any atom is -0.386 e. The number of nitrogens with one attached hydrogen (secondary N) is 3. The number of aryl methyl sites for hydroxylation is 1. The molecule has 4 heterocycles. The lowest BCUT2D eigenvalue weighted by Crippen LogP contribution is -2.51. The van der Waals surface area contributed by atoms with Gasteiger partial charge < -0.3 is 20.9 Å². The lowest BCUT2D eigenvalue weighted by Gasteiger charge is -2.34. The highest BCUT2D eigenvalue weighted by atomic mass is 32.1. The zero-order valence-corrected chi connectivity index (χ0v) is 21.4. The number of halogens is 2. The molecule has 9 heteroatoms. The number of carbonyl (C=O) groups is 1. The van der Waals surface area contributed by atoms with Crippen molar-refractivity contribution < 1.29 is 13.6 Å². The van der Waals surface area contributed by atoms with Crippen LogP contribution in [0, 0.1) is 18.6 Å². The lowest BCUT2D eigenvalue weighted by molar-refractivity contribution is 0.0959. The molecule has 36 heavy (non-hydrogen) atoms. The predicted octanol–water partition coefficient (Wildman–Crippen LogP) is 4.72. The van der Waals surface area contributed by atoms with Gasteiger partial charge in [-0.3, -0.25) is 4.79 Å². The van der Waals surface area contributed by atoms with Gasteiger partial charge in [0.25, 0.3) is 5.91 Å². The molecule has 2 aliphatic heterocycles. The summed E-state index contributed by atoms with van der Waals surface area (Å²) in [6.07, 6.45) is 4.71. The summed E-state index contributed by atoms with van der Waals surface area (Å²) < 4.78 is 29.9. The summed E-state index contributed by atoms with van der Waals surface area (Å²) >= 11 is 1.37. The molecule has 1 aliphatic carbocycles. The average Bonchev–Trinajstić information content (AvgIpc) is 3.56. The molecule has 3 aliphatic rings. The molecular weight excluding hydrogens is 480 g/mol. The Morgan fingerprint density at radius 1 is 1.14 bits per heavy atom. The van der Waals surface area contributed by atoms with Gasteiger partial charge in [0, 0.05) is 61.8 Å². The predicted molar refractivity (Wildman–Crippen MR) is 140 cm³/mol. The van der Waals surface area contributed by atoms with Gasteiger partial charge in [-0.1, -0.05) is 0 Å². The second-order valence-electron chi connectivity index (χ2n) is 10.3. The molecule has 1 amide bonds. The van der Waals surface area contributed by atoms with Gasteiger partial charge in [0.05, 0.1) is 11.4 Å². The van der Waals surface area contributed by atoms with E-state index in [0.29, 0.717) is 41.7 Å². The fourth-order valence-corrected chi connectivity index (χ4v) is 6.80. The zero-order chi connectivity index (χ0) is 25.0. The first-order valence-electron chi connectivity index (χ1n) is 12.8. The molecule has 2 atom stereocenters. The largest absolute Gasteiger partial charge is 0.386 e. The number of hydrogen-bond acceptors (Lipinski definition) is 6. The maximum atomic E-state index is 15.0. The molecule has 0 spiro atoms. The minimum atomic E-state index is -0.434. The SMILES string of the molecule is CNc1c(C(=O)NCCc2cc(F)c(N3CC4CCC(C3)N4)cc2F)sc2nc(C3CC3)c(C)cc12. The Morgan fingerprint density at radius 2 is 1.89 bits per heavy atom. The molecule has 2 unspecified atom stereocenters. The monoisotopic (exact) mass is 511 g/mol. The van der Waals surface area contributed by atoms with Gasteiger partial charge in [-0.05, 0) is 62.3 Å². The highest BCUT2D eigenvalue weighted by Gasteiger charge is 2.33. The summed E-state index contributed by atoms with van der Waals surface area (Å²) in [4.78, 5) is 21.2. The van der Waals surface area contributed by atoms with Crippen LogP contribution in [0.4, 0.5) is 20.2 Å². The van der Waals surface area contributed by atoms with E-state index < -0.39 is 11.6 Å². The Labute approximate surface area is 213 Å². The standard InChI is InChI=1S/C27H31F2N5OS/c1-14-9-19-24(30-2)25(36-27(19)33-23(14)15-3-4-15)26(35)31-8-7-16-10-21(29)22(11-20(16)28)34-12-17-5-6-18(13-34)32-17/h9-11,15,17-18,30,32H,3-8,12-13H2,1-2H3,(H,31,35). The molecule has 2 saturated heterocycles. The third-order valence-electron chi connectivity index (χ3n) is 7.69. The molecule has 2 bridgehead atoms. The molecule has 1 saturated carbocycles. The smallest absolute Gasteiger partial charge is 0.263 e. The van der Waals surface area contributed by atoms with Crippen molar-refractivity contribution in [3.8, 4) is 0 Å². The topological polar surface area (TPSA) is 69.3 Å². The van der Waals surface area contributed by atoms with Gasteiger partial charge >= 0.3 is 0 Å². The third kappa shape index (κ3) is 4.32. The van der Waals surface area contributed by atoms with E-state index in [4.69, 9.17) is 4.98 Å². The van der Waals surface area contributed by atoms with E-state index in [1.54, 1.807) is 7.05 Å². The van der Waals surface area contributed by atoms with Crippen LogP contribution in [0.5, 0.6) is 0 Å². The fraction of sp³-hybridized carbons (Fsp3) is 0.481. The zero-order valence-electron chi connectivity index (χ0n) is 20.6. The molecule has 3 N–H and O–H groups in total. The van der Waals surface area contributed by atoms with Crippen molar-refractivity contribution in [1.82, 2.24) is 15.6 Å². The van der Waals surface area contributed by atoms with E-state index >= 15 is 0 Å². The first-order valence-corrected chi connectivity index (χ1v) is 13.6. The number of benzene rings is 1. The summed E-state index contributed by atoms with van der Waals surface area (Å²) in [6.45, 7) is 3.68. The van der Waals surface area contributed by atoms with Gasteiger partial charge in [0.15, 0.2) is 0 Å². The van der Waals surface area contributed by atoms with Crippen LogP contribution in [0.15, 0.2) is 18.2 Å². The van der Waals surface area contributed by atoms with E-state index in [2.05, 4.69) is 28.9 Å². The Kier molecular flexibility index (Phi) is 6.08. The molecule has 6 rings (SSSR count). The van der Waals surface area contributed by atoms with Crippen LogP contribution in [-0.4, -0.2) is 49.7 Å². The summed E-state index contributed by atoms with van der Waals surface area (Å²) in [5.74, 6) is -0.539. The van der Waals surface area contributed by atoms with Gasteiger partial charge in [-0.15, -0.1) is 11.3 Å². The van der Waals surface area contributed by atoms with Crippen molar-refractivity contribution in [2.45, 2.75) is 57.0 Å². The first-order chi connectivity index (χ1) is 17.4. The highest BCUT2D eigenvalue weighted by Crippen LogP contribution is 2.43. The van der Waals surface area contributed by atoms with Crippen LogP contribution in [-0.2, 0) is 6.42 Å². The molecule has 0 radical (unpaired) electrons. The van der Waals surface area contributed by atoms with E-state index in [0.717, 1.165) is 40.0 Å². The quantitative estimate of drug-likeness (QED) is 0.429. The Hall–Kier alpha value is -2.78. The number of amides is 1. The van der Waals surface area contributed by atoms with Crippen molar-refractivity contribution in [3.05, 3.63) is 51.5 Å². The van der Waals surface area contributed by atoms with Crippen LogP contribution in [0.3, 0.4) is 0 Å². The lowest BCUT2D eigenvalue weighted by atomic mass is 10.1. The Balaban J connectivity index is 1.14. The molecule has 3 aromatic rings. The number of carbonyl (C=O) groups excluding carboxylic acids is 1. The highest BCUT2D eigenvalue weighted by molar-refractivity contribution is 7.21. The van der Waals surface area contributed by atoms with E-state index in [1.165, 1.54) is 36.3 Å². The number of nitrogens with zero attached hydrogens (tertiary/aromatic N) is 2. The van der Waals surface area contributed by atoms with Gasteiger partial charge in [0.2, 0.25) is 0 Å². The molecule has 190 valence electrons. The maximum Gasteiger partial charge on any atom is 0.263 e. The maximum absolute atomic E-state index is 15.0. The Morgan fingerprint density at radius 3 is 2.58 bits per heavy atom. The number of thiophene rings is 1. The summed E-state index contributed by atoms with van der Waals surface area (Å²) in [7, 11) is 1.80. The minimum absolute atomic E-state index is 0.212. The number of piperazine rings is 1. The normalized spacial score (nSPS) is 21.3. The van der Waals surface area contributed by atoms with Gasteiger partial charge in [-0.2, -0.15) is 0 Å². The number of pyridine rings is 1. The summed E-state index contributed by atoms with van der Waals surface area (Å²) in [5, 5.41) is 10.5. The van der Waals surface area contributed by atoms with Crippen molar-refractivity contribution in [2.24, 2.45) is 0 Å². The van der Waals surface area contributed by atoms with Crippen LogP contribution in [0.25, 0.3) is 10.2 Å². The van der Waals surface area contributed by atoms with Crippen molar-refractivity contribution in [1.29, 1.82) is 0 Å². The number of anilines is 2. The average molecular weight is 512 g/mol. The molecule has 3 fully saturated rings. The summed E-state index contributed by atoms with van der Waals surface area (Å²) in [5.41, 5.74) is 3.65. The first kappa shape index (κ1) is 23.6. The number of rotatable bonds is 7. The fourth-order valence-electron chi connectivity index (χ4n) is 5.71. The summed E-state index contributed by atoms with van der Waals surface area (Å²) in [6, 6.07) is 5.39. The van der Waals surface area contributed by atoms with E-state index in [1.807, 2.05) is 4.90 Å². The number of fused-ring (bicyclic) bond motifs is 3. The number of hydrogen-bond donors (Lipinski definition) is 3. The van der Waals surface area contributed by atoms with Gasteiger partial charge in [0.1, 0.15) is 21.3 Å². The molecule has 2 aromatic heterocycles. The van der Waals surface area contributed by atoms with Crippen LogP contribution < -0.4 is 20.9 Å². The van der Waals surface area contributed by atoms with E-state index in [-0.39, 0.29) is 24.4 Å². The van der Waals surface area contributed by atoms with Crippen LogP contribution >= 0.6 is 11.3 Å². The third-order valence-corrected chi connectivity index (χ3v) is 8.78. The molecule has 6 nitrogen and oxygen atoms in total. The molecule has 1 aromatic carbocycles. The van der Waals surface area contributed by atoms with Gasteiger partial charge in [-0.25, -0.2) is 13.8 Å². The van der Waals surface area contributed by atoms with Crippen LogP contribution in [0.1, 0.15) is 58.1 Å².